The van der Waals surface area contributed by atoms with Crippen molar-refractivity contribution in [3.05, 3.63) is 32.3 Å². The average Bonchev–Trinajstić information content (AvgIpc) is 2.42. The van der Waals surface area contributed by atoms with E-state index in [2.05, 4.69) is 0 Å². The second-order valence-corrected chi connectivity index (χ2v) is 5.70. The Morgan fingerprint density at radius 2 is 2.10 bits per heavy atom. The van der Waals surface area contributed by atoms with Crippen LogP contribution in [0.5, 0.6) is 5.75 Å². The summed E-state index contributed by atoms with van der Waals surface area (Å²) in [5.74, 6) is 0.0800. The molecule has 1 aromatic rings. The van der Waals surface area contributed by atoms with E-state index < -0.39 is 4.92 Å². The maximum atomic E-state index is 11.1. The van der Waals surface area contributed by atoms with Crippen LogP contribution in [0.3, 0.4) is 0 Å². The van der Waals surface area contributed by atoms with E-state index in [0.29, 0.717) is 13.0 Å². The van der Waals surface area contributed by atoms with E-state index in [0.717, 1.165) is 6.42 Å². The van der Waals surface area contributed by atoms with Gasteiger partial charge in [0, 0.05) is 31.2 Å². The van der Waals surface area contributed by atoms with E-state index in [1.54, 1.807) is 0 Å². The van der Waals surface area contributed by atoms with Crippen molar-refractivity contribution in [3.63, 3.8) is 0 Å². The molecule has 1 aliphatic carbocycles. The Balaban J connectivity index is 2.15. The maximum Gasteiger partial charge on any atom is 0.312 e. The fraction of sp³-hybridized carbons (Fsp3) is 0.538. The number of nitro groups is 1. The zero-order chi connectivity index (χ0) is 15.6. The van der Waals surface area contributed by atoms with Gasteiger partial charge in [0.15, 0.2) is 5.75 Å². The number of benzene rings is 1. The van der Waals surface area contributed by atoms with Crippen molar-refractivity contribution in [1.82, 2.24) is 0 Å². The number of hydrogen-bond donors (Lipinski definition) is 1. The lowest BCUT2D eigenvalue weighted by molar-refractivity contribution is -0.386. The largest absolute Gasteiger partial charge is 0.481 e. The van der Waals surface area contributed by atoms with Crippen LogP contribution in [-0.2, 0) is 4.74 Å². The highest BCUT2D eigenvalue weighted by atomic mass is 35.5. The topological polar surface area (TPSA) is 87.6 Å². The standard InChI is InChI=1S/C13H16Cl2N2O4/c1-2-3-20-13-9(16)6-12(13)21-11-5-8(15)7(14)4-10(11)17(18)19/h4-5,9,12-13H,2-3,6,16H2,1H3. The second-order valence-electron chi connectivity index (χ2n) is 4.88. The van der Waals surface area contributed by atoms with Crippen LogP contribution in [0.4, 0.5) is 5.69 Å². The monoisotopic (exact) mass is 334 g/mol. The molecule has 2 N–H and O–H groups in total. The number of rotatable bonds is 6. The Hall–Kier alpha value is -1.08. The first-order chi connectivity index (χ1) is 9.93. The number of hydrogen-bond acceptors (Lipinski definition) is 5. The number of nitrogens with two attached hydrogens (primary N) is 1. The van der Waals surface area contributed by atoms with Crippen LogP contribution in [0, 0.1) is 10.1 Å². The van der Waals surface area contributed by atoms with Crippen molar-refractivity contribution < 1.29 is 14.4 Å². The third kappa shape index (κ3) is 3.58. The Bertz CT molecular complexity index is 541. The molecule has 8 heteroatoms. The summed E-state index contributed by atoms with van der Waals surface area (Å²) < 4.78 is 11.3. The van der Waals surface area contributed by atoms with E-state index in [1.807, 2.05) is 6.92 Å². The number of ether oxygens (including phenoxy) is 2. The van der Waals surface area contributed by atoms with Gasteiger partial charge in [-0.2, -0.15) is 0 Å². The molecule has 2 rings (SSSR count). The van der Waals surface area contributed by atoms with Crippen LogP contribution < -0.4 is 10.5 Å². The molecule has 116 valence electrons. The van der Waals surface area contributed by atoms with Gasteiger partial charge in [-0.25, -0.2) is 0 Å². The van der Waals surface area contributed by atoms with Gasteiger partial charge in [-0.1, -0.05) is 30.1 Å². The van der Waals surface area contributed by atoms with Crippen molar-refractivity contribution in [2.24, 2.45) is 5.73 Å². The summed E-state index contributed by atoms with van der Waals surface area (Å²) in [6.07, 6.45) is 0.857. The normalized spacial score (nSPS) is 24.5. The fourth-order valence-corrected chi connectivity index (χ4v) is 2.45. The summed E-state index contributed by atoms with van der Waals surface area (Å²) in [4.78, 5) is 10.5. The van der Waals surface area contributed by atoms with E-state index >= 15 is 0 Å². The molecule has 1 fully saturated rings. The lowest BCUT2D eigenvalue weighted by atomic mass is 9.86. The zero-order valence-electron chi connectivity index (χ0n) is 11.4. The molecule has 0 amide bonds. The smallest absolute Gasteiger partial charge is 0.312 e. The highest BCUT2D eigenvalue weighted by Crippen LogP contribution is 2.38. The first kappa shape index (κ1) is 16.3. The molecule has 1 saturated carbocycles. The zero-order valence-corrected chi connectivity index (χ0v) is 12.9. The van der Waals surface area contributed by atoms with Crippen LogP contribution in [0.15, 0.2) is 12.1 Å². The van der Waals surface area contributed by atoms with Gasteiger partial charge in [-0.3, -0.25) is 10.1 Å². The summed E-state index contributed by atoms with van der Waals surface area (Å²) in [5, 5.41) is 11.4. The van der Waals surface area contributed by atoms with Gasteiger partial charge in [-0.15, -0.1) is 0 Å². The summed E-state index contributed by atoms with van der Waals surface area (Å²) in [5.41, 5.74) is 5.65. The molecule has 0 spiro atoms. The van der Waals surface area contributed by atoms with Crippen molar-refractivity contribution in [2.45, 2.75) is 38.0 Å². The first-order valence-electron chi connectivity index (χ1n) is 6.61. The Morgan fingerprint density at radius 3 is 2.67 bits per heavy atom. The summed E-state index contributed by atoms with van der Waals surface area (Å²) >= 11 is 11.7. The van der Waals surface area contributed by atoms with Gasteiger partial charge < -0.3 is 15.2 Å². The summed E-state index contributed by atoms with van der Waals surface area (Å²) in [6, 6.07) is 2.41. The van der Waals surface area contributed by atoms with Crippen molar-refractivity contribution >= 4 is 28.9 Å². The van der Waals surface area contributed by atoms with Crippen LogP contribution in [0.1, 0.15) is 19.8 Å². The molecule has 0 heterocycles. The molecule has 1 aliphatic rings. The van der Waals surface area contributed by atoms with Gasteiger partial charge in [0.25, 0.3) is 0 Å². The number of nitro benzene ring substituents is 1. The minimum absolute atomic E-state index is 0.0800. The molecule has 0 aliphatic heterocycles. The van der Waals surface area contributed by atoms with Gasteiger partial charge in [0.1, 0.15) is 12.2 Å². The fourth-order valence-electron chi connectivity index (χ4n) is 2.13. The molecule has 0 saturated heterocycles. The SMILES string of the molecule is CCCOC1C(N)CC1Oc1cc(Cl)c(Cl)cc1[N+](=O)[O-]. The van der Waals surface area contributed by atoms with Gasteiger partial charge in [-0.05, 0) is 6.42 Å². The van der Waals surface area contributed by atoms with Gasteiger partial charge in [0.05, 0.1) is 15.0 Å². The molecule has 0 radical (unpaired) electrons. The molecule has 21 heavy (non-hydrogen) atoms. The Labute approximate surface area is 132 Å². The van der Waals surface area contributed by atoms with Crippen LogP contribution >= 0.6 is 23.2 Å². The van der Waals surface area contributed by atoms with E-state index in [9.17, 15) is 10.1 Å². The number of nitrogens with zero attached hydrogens (tertiary/aromatic N) is 1. The third-order valence-electron chi connectivity index (χ3n) is 3.28. The lowest BCUT2D eigenvalue weighted by Crippen LogP contribution is -2.59. The molecule has 0 bridgehead atoms. The van der Waals surface area contributed by atoms with Crippen LogP contribution in [0.25, 0.3) is 0 Å². The van der Waals surface area contributed by atoms with Gasteiger partial charge >= 0.3 is 5.69 Å². The van der Waals surface area contributed by atoms with Crippen molar-refractivity contribution in [1.29, 1.82) is 0 Å². The summed E-state index contributed by atoms with van der Waals surface area (Å²) in [6.45, 7) is 2.56. The summed E-state index contributed by atoms with van der Waals surface area (Å²) in [7, 11) is 0. The molecular weight excluding hydrogens is 319 g/mol. The van der Waals surface area contributed by atoms with Crippen molar-refractivity contribution in [2.75, 3.05) is 6.61 Å². The quantitative estimate of drug-likeness (QED) is 0.637. The molecule has 1 aromatic carbocycles. The number of halogens is 2. The molecule has 3 unspecified atom stereocenters. The molecule has 0 aromatic heterocycles. The van der Waals surface area contributed by atoms with E-state index in [4.69, 9.17) is 38.4 Å². The highest BCUT2D eigenvalue weighted by molar-refractivity contribution is 6.42. The van der Waals surface area contributed by atoms with Crippen LogP contribution in [-0.4, -0.2) is 29.8 Å². The predicted octanol–water partition coefficient (Wildman–Crippen LogP) is 3.18. The lowest BCUT2D eigenvalue weighted by Gasteiger charge is -2.41. The first-order valence-corrected chi connectivity index (χ1v) is 7.37. The minimum atomic E-state index is -0.557. The minimum Gasteiger partial charge on any atom is -0.481 e. The Morgan fingerprint density at radius 1 is 1.43 bits per heavy atom. The molecule has 3 atom stereocenters. The van der Waals surface area contributed by atoms with Crippen LogP contribution in [0.2, 0.25) is 10.0 Å². The third-order valence-corrected chi connectivity index (χ3v) is 4.01. The average molecular weight is 335 g/mol. The van der Waals surface area contributed by atoms with Gasteiger partial charge in [0.2, 0.25) is 0 Å². The molecule has 6 nitrogen and oxygen atoms in total. The maximum absolute atomic E-state index is 11.1. The molecular formula is C13H16Cl2N2O4. The van der Waals surface area contributed by atoms with Crippen molar-refractivity contribution in [3.8, 4) is 5.75 Å². The second kappa shape index (κ2) is 6.79. The predicted molar refractivity (Wildman–Crippen MR) is 80.2 cm³/mol. The Kier molecular flexibility index (Phi) is 5.27. The van der Waals surface area contributed by atoms with E-state index in [1.165, 1.54) is 12.1 Å². The van der Waals surface area contributed by atoms with E-state index in [-0.39, 0.29) is 39.7 Å². The highest BCUT2D eigenvalue weighted by Gasteiger charge is 2.42.